The van der Waals surface area contributed by atoms with E-state index in [-0.39, 0.29) is 5.56 Å². The van der Waals surface area contributed by atoms with Crippen LogP contribution in [0, 0.1) is 18.6 Å². The van der Waals surface area contributed by atoms with Gasteiger partial charge in [0.15, 0.2) is 0 Å². The van der Waals surface area contributed by atoms with Gasteiger partial charge in [0.1, 0.15) is 11.6 Å². The number of aromatic nitrogens is 1. The molecule has 1 nitrogen and oxygen atoms in total. The normalized spacial score (nSPS) is 10.4. The molecule has 0 saturated heterocycles. The molecule has 1 heterocycles. The monoisotopic (exact) mass is 219 g/mol. The summed E-state index contributed by atoms with van der Waals surface area (Å²) < 4.78 is 26.7. The Balaban J connectivity index is 2.33. The average Bonchev–Trinajstić information content (AvgIpc) is 2.31. The Labute approximate surface area is 92.8 Å². The highest BCUT2D eigenvalue weighted by Gasteiger charge is 2.10. The molecule has 1 aromatic carbocycles. The van der Waals surface area contributed by atoms with Crippen molar-refractivity contribution < 1.29 is 8.78 Å². The molecular weight excluding hydrogens is 208 g/mol. The molecule has 0 aliphatic rings. The van der Waals surface area contributed by atoms with Gasteiger partial charge in [-0.05, 0) is 30.7 Å². The van der Waals surface area contributed by atoms with Crippen LogP contribution in [-0.2, 0) is 6.42 Å². The maximum atomic E-state index is 13.7. The largest absolute Gasteiger partial charge is 0.261 e. The first-order valence-electron chi connectivity index (χ1n) is 5.02. The molecule has 0 aliphatic heterocycles. The molecule has 3 heteroatoms. The molecule has 0 saturated carbocycles. The van der Waals surface area contributed by atoms with Gasteiger partial charge in [-0.1, -0.05) is 12.1 Å². The second kappa shape index (κ2) is 4.39. The highest BCUT2D eigenvalue weighted by Crippen LogP contribution is 2.18. The van der Waals surface area contributed by atoms with Crippen LogP contribution in [0.15, 0.2) is 36.5 Å². The number of hydrogen-bond donors (Lipinski definition) is 0. The molecule has 0 amide bonds. The molecule has 82 valence electrons. The van der Waals surface area contributed by atoms with Gasteiger partial charge in [-0.3, -0.25) is 4.98 Å². The molecule has 2 aromatic rings. The number of halogens is 2. The third-order valence-electron chi connectivity index (χ3n) is 2.50. The minimum absolute atomic E-state index is 0.0634. The highest BCUT2D eigenvalue weighted by molar-refractivity contribution is 5.29. The van der Waals surface area contributed by atoms with Crippen molar-refractivity contribution >= 4 is 0 Å². The van der Waals surface area contributed by atoms with Crippen molar-refractivity contribution in [3.63, 3.8) is 0 Å². The van der Waals surface area contributed by atoms with Crippen molar-refractivity contribution in [2.75, 3.05) is 0 Å². The topological polar surface area (TPSA) is 12.9 Å². The van der Waals surface area contributed by atoms with Gasteiger partial charge in [0, 0.05) is 23.9 Å². The average molecular weight is 219 g/mol. The Bertz CT molecular complexity index is 495. The van der Waals surface area contributed by atoms with E-state index in [9.17, 15) is 8.78 Å². The van der Waals surface area contributed by atoms with Gasteiger partial charge in [-0.15, -0.1) is 0 Å². The quantitative estimate of drug-likeness (QED) is 0.755. The summed E-state index contributed by atoms with van der Waals surface area (Å²) in [5.41, 5.74) is 1.30. The summed E-state index contributed by atoms with van der Waals surface area (Å²) >= 11 is 0. The molecule has 0 atom stereocenters. The predicted molar refractivity (Wildman–Crippen MR) is 58.1 cm³/mol. The lowest BCUT2D eigenvalue weighted by atomic mass is 10.1. The van der Waals surface area contributed by atoms with Crippen LogP contribution in [0.2, 0.25) is 0 Å². The lowest BCUT2D eigenvalue weighted by molar-refractivity contribution is 0.559. The van der Waals surface area contributed by atoms with E-state index in [4.69, 9.17) is 0 Å². The number of benzene rings is 1. The van der Waals surface area contributed by atoms with E-state index in [2.05, 4.69) is 4.98 Å². The van der Waals surface area contributed by atoms with E-state index in [0.29, 0.717) is 12.0 Å². The third kappa shape index (κ3) is 2.08. The van der Waals surface area contributed by atoms with Gasteiger partial charge in [0.05, 0.1) is 0 Å². The Morgan fingerprint density at radius 2 is 1.94 bits per heavy atom. The molecule has 0 radical (unpaired) electrons. The van der Waals surface area contributed by atoms with Crippen LogP contribution in [0.5, 0.6) is 0 Å². The summed E-state index contributed by atoms with van der Waals surface area (Å²) in [5, 5.41) is 0. The van der Waals surface area contributed by atoms with Crippen LogP contribution in [0.1, 0.15) is 16.8 Å². The molecule has 0 fully saturated rings. The first-order valence-corrected chi connectivity index (χ1v) is 5.02. The van der Waals surface area contributed by atoms with Crippen molar-refractivity contribution in [3.8, 4) is 0 Å². The van der Waals surface area contributed by atoms with Crippen LogP contribution in [0.25, 0.3) is 0 Å². The zero-order chi connectivity index (χ0) is 11.5. The Hall–Kier alpha value is -1.77. The summed E-state index contributed by atoms with van der Waals surface area (Å²) in [5.74, 6) is -0.993. The number of hydrogen-bond acceptors (Lipinski definition) is 1. The highest BCUT2D eigenvalue weighted by atomic mass is 19.1. The smallest absolute Gasteiger partial charge is 0.132 e. The van der Waals surface area contributed by atoms with Crippen molar-refractivity contribution in [1.29, 1.82) is 0 Å². The minimum Gasteiger partial charge on any atom is -0.261 e. The van der Waals surface area contributed by atoms with Crippen molar-refractivity contribution in [1.82, 2.24) is 4.98 Å². The summed E-state index contributed by atoms with van der Waals surface area (Å²) in [6.07, 6.45) is 2.04. The lowest BCUT2D eigenvalue weighted by Crippen LogP contribution is -1.99. The zero-order valence-electron chi connectivity index (χ0n) is 8.87. The van der Waals surface area contributed by atoms with Crippen molar-refractivity contribution in [2.45, 2.75) is 13.3 Å². The molecule has 0 bridgehead atoms. The van der Waals surface area contributed by atoms with Crippen molar-refractivity contribution in [3.05, 3.63) is 65.0 Å². The van der Waals surface area contributed by atoms with Crippen LogP contribution >= 0.6 is 0 Å². The second-order valence-corrected chi connectivity index (χ2v) is 3.64. The van der Waals surface area contributed by atoms with E-state index in [1.165, 1.54) is 19.1 Å². The van der Waals surface area contributed by atoms with Gasteiger partial charge in [-0.25, -0.2) is 8.78 Å². The van der Waals surface area contributed by atoms with Gasteiger partial charge >= 0.3 is 0 Å². The second-order valence-electron chi connectivity index (χ2n) is 3.64. The maximum absolute atomic E-state index is 13.7. The number of nitrogens with zero attached hydrogens (tertiary/aromatic N) is 1. The molecule has 0 unspecified atom stereocenters. The lowest BCUT2D eigenvalue weighted by Gasteiger charge is -2.05. The zero-order valence-corrected chi connectivity index (χ0v) is 8.87. The van der Waals surface area contributed by atoms with Crippen molar-refractivity contribution in [2.24, 2.45) is 0 Å². The molecule has 0 N–H and O–H groups in total. The number of rotatable bonds is 2. The van der Waals surface area contributed by atoms with E-state index in [1.807, 2.05) is 12.1 Å². The molecule has 0 aliphatic carbocycles. The molecule has 1 aromatic heterocycles. The Kier molecular flexibility index (Phi) is 2.95. The molecule has 16 heavy (non-hydrogen) atoms. The molecule has 2 rings (SSSR count). The van der Waals surface area contributed by atoms with E-state index >= 15 is 0 Å². The fraction of sp³-hybridized carbons (Fsp3) is 0.154. The standard InChI is InChI=1S/C13H11F2N/c1-9-12(14)6-5-10(13(9)15)8-11-4-2-3-7-16-11/h2-7H,8H2,1H3. The molecular formula is C13H11F2N. The van der Waals surface area contributed by atoms with Gasteiger partial charge in [0.2, 0.25) is 0 Å². The van der Waals surface area contributed by atoms with Gasteiger partial charge in [0.25, 0.3) is 0 Å². The Morgan fingerprint density at radius 3 is 2.62 bits per heavy atom. The fourth-order valence-corrected chi connectivity index (χ4v) is 1.55. The first-order chi connectivity index (χ1) is 7.68. The summed E-state index contributed by atoms with van der Waals surface area (Å²) in [7, 11) is 0. The number of pyridine rings is 1. The third-order valence-corrected chi connectivity index (χ3v) is 2.50. The maximum Gasteiger partial charge on any atom is 0.132 e. The molecule has 0 spiro atoms. The van der Waals surface area contributed by atoms with Gasteiger partial charge < -0.3 is 0 Å². The van der Waals surface area contributed by atoms with Crippen LogP contribution in [0.4, 0.5) is 8.78 Å². The first kappa shape index (κ1) is 10.7. The SMILES string of the molecule is Cc1c(F)ccc(Cc2ccccn2)c1F. The minimum atomic E-state index is -0.512. The van der Waals surface area contributed by atoms with E-state index in [1.54, 1.807) is 12.3 Å². The van der Waals surface area contributed by atoms with Crippen LogP contribution in [0.3, 0.4) is 0 Å². The Morgan fingerprint density at radius 1 is 1.12 bits per heavy atom. The van der Waals surface area contributed by atoms with E-state index in [0.717, 1.165) is 5.69 Å². The summed E-state index contributed by atoms with van der Waals surface area (Å²) in [6, 6.07) is 8.22. The van der Waals surface area contributed by atoms with Crippen LogP contribution in [-0.4, -0.2) is 4.98 Å². The van der Waals surface area contributed by atoms with Crippen LogP contribution < -0.4 is 0 Å². The fourth-order valence-electron chi connectivity index (χ4n) is 1.55. The predicted octanol–water partition coefficient (Wildman–Crippen LogP) is 3.26. The van der Waals surface area contributed by atoms with Gasteiger partial charge in [-0.2, -0.15) is 0 Å². The summed E-state index contributed by atoms with van der Waals surface area (Å²) in [4.78, 5) is 4.11. The van der Waals surface area contributed by atoms with E-state index < -0.39 is 11.6 Å². The summed E-state index contributed by atoms with van der Waals surface area (Å²) in [6.45, 7) is 1.44.